The topological polar surface area (TPSA) is 119 Å². The minimum Gasteiger partial charge on any atom is -0.377 e. The van der Waals surface area contributed by atoms with Gasteiger partial charge in [0, 0.05) is 48.3 Å². The monoisotopic (exact) mass is 455 g/mol. The van der Waals surface area contributed by atoms with E-state index in [0.717, 1.165) is 6.07 Å². The lowest BCUT2D eigenvalue weighted by atomic mass is 10.1. The first-order chi connectivity index (χ1) is 15.9. The van der Waals surface area contributed by atoms with Gasteiger partial charge >= 0.3 is 0 Å². The highest BCUT2D eigenvalue weighted by molar-refractivity contribution is 5.96. The number of ether oxygens (including phenoxy) is 1. The van der Waals surface area contributed by atoms with Crippen LogP contribution in [0.5, 0.6) is 0 Å². The van der Waals surface area contributed by atoms with Gasteiger partial charge in [-0.3, -0.25) is 14.9 Å². The van der Waals surface area contributed by atoms with Crippen molar-refractivity contribution in [3.05, 3.63) is 75.5 Å². The van der Waals surface area contributed by atoms with E-state index in [-0.39, 0.29) is 52.9 Å². The molecule has 0 saturated heterocycles. The summed E-state index contributed by atoms with van der Waals surface area (Å²) in [5.74, 6) is -2.49. The summed E-state index contributed by atoms with van der Waals surface area (Å²) in [6.45, 7) is 0.469. The van der Waals surface area contributed by atoms with Crippen LogP contribution in [0.25, 0.3) is 11.3 Å². The zero-order valence-corrected chi connectivity index (χ0v) is 17.3. The third kappa shape index (κ3) is 5.09. The second-order valence-corrected chi connectivity index (χ2v) is 7.33. The number of carbonyl (C=O) groups excluding carboxylic acids is 1. The summed E-state index contributed by atoms with van der Waals surface area (Å²) in [5.41, 5.74) is 0.463. The molecule has 2 aromatic carbocycles. The Morgan fingerprint density at radius 2 is 1.97 bits per heavy atom. The van der Waals surface area contributed by atoms with Gasteiger partial charge < -0.3 is 15.4 Å². The lowest BCUT2D eigenvalue weighted by Gasteiger charge is -2.11. The zero-order valence-electron chi connectivity index (χ0n) is 17.3. The van der Waals surface area contributed by atoms with Gasteiger partial charge in [-0.15, -0.1) is 0 Å². The van der Waals surface area contributed by atoms with E-state index >= 15 is 0 Å². The first kappa shape index (κ1) is 22.2. The standard InChI is InChI=1S/C22H19F2N5O4/c23-17-11-15-9-14(20(17)24)12-33-8-2-1-6-25-21(30)13-3-4-16(19(10-13)29(31)32)18-5-7-26-22(27-15)28-18/h3-5,7,9-11H,1-2,6,8,12H2,(H,25,30)(H,26,27,28). The van der Waals surface area contributed by atoms with E-state index in [2.05, 4.69) is 20.6 Å². The van der Waals surface area contributed by atoms with E-state index < -0.39 is 22.5 Å². The molecular formula is C22H19F2N5O4. The summed E-state index contributed by atoms with van der Waals surface area (Å²) in [5, 5.41) is 17.2. The first-order valence-electron chi connectivity index (χ1n) is 10.1. The Labute approximate surface area is 187 Å². The summed E-state index contributed by atoms with van der Waals surface area (Å²) in [7, 11) is 0. The Balaban J connectivity index is 1.77. The van der Waals surface area contributed by atoms with Gasteiger partial charge in [-0.1, -0.05) is 0 Å². The molecule has 0 spiro atoms. The molecule has 0 atom stereocenters. The van der Waals surface area contributed by atoms with Crippen molar-refractivity contribution < 1.29 is 23.2 Å². The molecule has 1 amide bonds. The number of benzene rings is 2. The third-order valence-corrected chi connectivity index (χ3v) is 5.01. The van der Waals surface area contributed by atoms with Crippen LogP contribution in [-0.4, -0.2) is 34.0 Å². The molecule has 33 heavy (non-hydrogen) atoms. The smallest absolute Gasteiger partial charge is 0.279 e. The Hall–Kier alpha value is -3.99. The number of halogens is 2. The Morgan fingerprint density at radius 1 is 1.12 bits per heavy atom. The highest BCUT2D eigenvalue weighted by Gasteiger charge is 2.20. The van der Waals surface area contributed by atoms with Crippen LogP contribution in [0.4, 0.5) is 26.1 Å². The van der Waals surface area contributed by atoms with Crippen LogP contribution in [0.1, 0.15) is 28.8 Å². The van der Waals surface area contributed by atoms with Crippen molar-refractivity contribution in [3.8, 4) is 11.3 Å². The lowest BCUT2D eigenvalue weighted by molar-refractivity contribution is -0.384. The minimum atomic E-state index is -1.06. The van der Waals surface area contributed by atoms with Crippen molar-refractivity contribution in [1.82, 2.24) is 15.3 Å². The number of nitrogens with zero attached hydrogens (tertiary/aromatic N) is 3. The number of amides is 1. The van der Waals surface area contributed by atoms with Crippen LogP contribution in [0.3, 0.4) is 0 Å². The van der Waals surface area contributed by atoms with Crippen LogP contribution >= 0.6 is 0 Å². The third-order valence-electron chi connectivity index (χ3n) is 5.01. The fraction of sp³-hybridized carbons (Fsp3) is 0.227. The number of anilines is 2. The number of hydrogen-bond donors (Lipinski definition) is 2. The molecule has 170 valence electrons. The van der Waals surface area contributed by atoms with Crippen LogP contribution in [0.15, 0.2) is 42.6 Å². The van der Waals surface area contributed by atoms with E-state index in [9.17, 15) is 23.7 Å². The fourth-order valence-corrected chi connectivity index (χ4v) is 3.38. The van der Waals surface area contributed by atoms with Gasteiger partial charge in [0.2, 0.25) is 5.95 Å². The molecule has 0 unspecified atom stereocenters. The van der Waals surface area contributed by atoms with Crippen molar-refractivity contribution in [2.24, 2.45) is 0 Å². The number of hydrogen-bond acceptors (Lipinski definition) is 7. The Bertz CT molecular complexity index is 1220. The Kier molecular flexibility index (Phi) is 6.50. The Morgan fingerprint density at radius 3 is 2.79 bits per heavy atom. The van der Waals surface area contributed by atoms with Gasteiger partial charge in [0.15, 0.2) is 11.6 Å². The molecule has 3 aromatic rings. The van der Waals surface area contributed by atoms with Crippen LogP contribution in [0, 0.1) is 21.7 Å². The largest absolute Gasteiger partial charge is 0.377 e. The maximum absolute atomic E-state index is 14.2. The van der Waals surface area contributed by atoms with E-state index in [1.807, 2.05) is 0 Å². The normalized spacial score (nSPS) is 14.4. The van der Waals surface area contributed by atoms with Crippen molar-refractivity contribution in [2.45, 2.75) is 19.4 Å². The molecule has 2 aliphatic heterocycles. The highest BCUT2D eigenvalue weighted by atomic mass is 19.2. The molecule has 1 aromatic heterocycles. The summed E-state index contributed by atoms with van der Waals surface area (Å²) in [6, 6.07) is 7.94. The van der Waals surface area contributed by atoms with E-state index in [0.29, 0.717) is 19.4 Å². The number of nitrogens with one attached hydrogen (secondary N) is 2. The second-order valence-electron chi connectivity index (χ2n) is 7.33. The first-order valence-corrected chi connectivity index (χ1v) is 10.1. The average Bonchev–Trinajstić information content (AvgIpc) is 2.80. The number of rotatable bonds is 1. The summed E-state index contributed by atoms with van der Waals surface area (Å²) in [4.78, 5) is 31.8. The number of carbonyl (C=O) groups is 1. The molecule has 5 rings (SSSR count). The predicted molar refractivity (Wildman–Crippen MR) is 115 cm³/mol. The lowest BCUT2D eigenvalue weighted by Crippen LogP contribution is -2.24. The van der Waals surface area contributed by atoms with E-state index in [1.54, 1.807) is 0 Å². The quantitative estimate of drug-likeness (QED) is 0.419. The van der Waals surface area contributed by atoms with Crippen LogP contribution in [0.2, 0.25) is 0 Å². The second kappa shape index (κ2) is 9.65. The van der Waals surface area contributed by atoms with Gasteiger partial charge in [-0.05, 0) is 37.1 Å². The molecule has 11 heteroatoms. The highest BCUT2D eigenvalue weighted by Crippen LogP contribution is 2.30. The summed E-state index contributed by atoms with van der Waals surface area (Å²) >= 11 is 0. The van der Waals surface area contributed by atoms with Crippen LogP contribution < -0.4 is 10.6 Å². The summed E-state index contributed by atoms with van der Waals surface area (Å²) < 4.78 is 33.8. The van der Waals surface area contributed by atoms with Gasteiger partial charge in [-0.2, -0.15) is 0 Å². The van der Waals surface area contributed by atoms with E-state index in [4.69, 9.17) is 4.74 Å². The maximum atomic E-state index is 14.2. The number of nitro groups is 1. The van der Waals surface area contributed by atoms with Crippen molar-refractivity contribution in [1.29, 1.82) is 0 Å². The zero-order chi connectivity index (χ0) is 23.4. The molecule has 0 saturated carbocycles. The number of nitro benzene ring substituents is 1. The number of aromatic nitrogens is 2. The summed E-state index contributed by atoms with van der Waals surface area (Å²) in [6.07, 6.45) is 2.52. The molecule has 0 fully saturated rings. The average molecular weight is 455 g/mol. The van der Waals surface area contributed by atoms with Gasteiger partial charge in [0.05, 0.1) is 22.8 Å². The van der Waals surface area contributed by atoms with Gasteiger partial charge in [0.1, 0.15) is 0 Å². The molecule has 0 aliphatic carbocycles. The number of fused-ring (bicyclic) bond motifs is 9. The van der Waals surface area contributed by atoms with Gasteiger partial charge in [0.25, 0.3) is 11.6 Å². The fourth-order valence-electron chi connectivity index (χ4n) is 3.38. The predicted octanol–water partition coefficient (Wildman–Crippen LogP) is 4.11. The molecule has 3 heterocycles. The molecule has 9 nitrogen and oxygen atoms in total. The van der Waals surface area contributed by atoms with Gasteiger partial charge in [-0.25, -0.2) is 18.7 Å². The maximum Gasteiger partial charge on any atom is 0.279 e. The van der Waals surface area contributed by atoms with Crippen LogP contribution in [-0.2, 0) is 11.3 Å². The molecule has 6 bridgehead atoms. The molecular weight excluding hydrogens is 436 g/mol. The van der Waals surface area contributed by atoms with Crippen molar-refractivity contribution >= 4 is 23.2 Å². The minimum absolute atomic E-state index is 0.0192. The van der Waals surface area contributed by atoms with E-state index in [1.165, 1.54) is 36.5 Å². The molecule has 0 radical (unpaired) electrons. The molecule has 2 aliphatic rings. The SMILES string of the molecule is O=C1NCCCCOCc2cc(cc(F)c2F)Nc2nccc(n2)-c2ccc1cc2[N+](=O)[O-]. The molecule has 2 N–H and O–H groups in total. The van der Waals surface area contributed by atoms with Crippen molar-refractivity contribution in [2.75, 3.05) is 18.5 Å². The van der Waals surface area contributed by atoms with Crippen molar-refractivity contribution in [3.63, 3.8) is 0 Å².